The Balaban J connectivity index is 2.43. The first kappa shape index (κ1) is 16.1. The molecule has 5 nitrogen and oxygen atoms in total. The molecule has 0 fully saturated rings. The highest BCUT2D eigenvalue weighted by Crippen LogP contribution is 2.15. The maximum absolute atomic E-state index is 10.2. The van der Waals surface area contributed by atoms with E-state index in [2.05, 4.69) is 43.1 Å². The van der Waals surface area contributed by atoms with Gasteiger partial charge in [0.15, 0.2) is 0 Å². The molecule has 0 saturated carbocycles. The second kappa shape index (κ2) is 7.01. The third-order valence-electron chi connectivity index (χ3n) is 2.87. The fourth-order valence-electron chi connectivity index (χ4n) is 2.32. The summed E-state index contributed by atoms with van der Waals surface area (Å²) in [5.74, 6) is 1.96. The molecule has 0 bridgehead atoms. The van der Waals surface area contributed by atoms with Crippen LogP contribution in [-0.2, 0) is 13.1 Å². The average molecular weight is 268 g/mol. The van der Waals surface area contributed by atoms with Gasteiger partial charge in [-0.05, 0) is 25.2 Å². The Kier molecular flexibility index (Phi) is 5.94. The van der Waals surface area contributed by atoms with E-state index in [4.69, 9.17) is 0 Å². The Morgan fingerprint density at radius 3 is 2.58 bits per heavy atom. The highest BCUT2D eigenvalue weighted by atomic mass is 16.3. The van der Waals surface area contributed by atoms with E-state index >= 15 is 0 Å². The topological polar surface area (TPSA) is 63.0 Å². The second-order valence-electron chi connectivity index (χ2n) is 6.45. The van der Waals surface area contributed by atoms with Crippen LogP contribution in [0.25, 0.3) is 0 Å². The Hall–Kier alpha value is -0.940. The number of nitrogens with one attached hydrogen (secondary N) is 1. The van der Waals surface area contributed by atoms with Gasteiger partial charge in [-0.3, -0.25) is 0 Å². The molecule has 1 rings (SSSR count). The molecule has 1 heterocycles. The summed E-state index contributed by atoms with van der Waals surface area (Å²) in [6.07, 6.45) is 2.38. The van der Waals surface area contributed by atoms with E-state index in [1.165, 1.54) is 0 Å². The lowest BCUT2D eigenvalue weighted by atomic mass is 9.94. The molecule has 0 spiro atoms. The summed E-state index contributed by atoms with van der Waals surface area (Å²) in [7, 11) is 0. The van der Waals surface area contributed by atoms with E-state index in [1.54, 1.807) is 6.33 Å². The second-order valence-corrected chi connectivity index (χ2v) is 6.45. The highest BCUT2D eigenvalue weighted by Gasteiger charge is 2.21. The minimum absolute atomic E-state index is 0.487. The van der Waals surface area contributed by atoms with Crippen molar-refractivity contribution in [2.45, 2.75) is 59.7 Å². The Labute approximate surface area is 116 Å². The molecule has 0 radical (unpaired) electrons. The van der Waals surface area contributed by atoms with Crippen LogP contribution in [0, 0.1) is 11.8 Å². The zero-order chi connectivity index (χ0) is 14.5. The van der Waals surface area contributed by atoms with Gasteiger partial charge >= 0.3 is 0 Å². The van der Waals surface area contributed by atoms with Gasteiger partial charge in [-0.2, -0.15) is 5.10 Å². The van der Waals surface area contributed by atoms with Gasteiger partial charge in [-0.15, -0.1) is 0 Å². The molecule has 0 amide bonds. The monoisotopic (exact) mass is 268 g/mol. The largest absolute Gasteiger partial charge is 0.389 e. The van der Waals surface area contributed by atoms with E-state index in [9.17, 15) is 5.11 Å². The van der Waals surface area contributed by atoms with Crippen molar-refractivity contribution in [3.63, 3.8) is 0 Å². The Bertz CT molecular complexity index is 371. The maximum Gasteiger partial charge on any atom is 0.140 e. The molecule has 1 unspecified atom stereocenters. The minimum Gasteiger partial charge on any atom is -0.389 e. The van der Waals surface area contributed by atoms with E-state index in [0.717, 1.165) is 18.8 Å². The lowest BCUT2D eigenvalue weighted by molar-refractivity contribution is 0.0381. The van der Waals surface area contributed by atoms with Crippen molar-refractivity contribution in [1.29, 1.82) is 0 Å². The van der Waals surface area contributed by atoms with Crippen LogP contribution in [0.15, 0.2) is 6.33 Å². The van der Waals surface area contributed by atoms with Gasteiger partial charge in [0.05, 0.1) is 12.1 Å². The number of rotatable bonds is 8. The van der Waals surface area contributed by atoms with Gasteiger partial charge < -0.3 is 10.4 Å². The lowest BCUT2D eigenvalue weighted by Crippen LogP contribution is -2.39. The van der Waals surface area contributed by atoms with Crippen LogP contribution in [0.2, 0.25) is 0 Å². The molecule has 5 heteroatoms. The lowest BCUT2D eigenvalue weighted by Gasteiger charge is -2.25. The summed E-state index contributed by atoms with van der Waals surface area (Å²) in [6.45, 7) is 12.5. The van der Waals surface area contributed by atoms with Crippen molar-refractivity contribution in [1.82, 2.24) is 20.1 Å². The van der Waals surface area contributed by atoms with Crippen LogP contribution < -0.4 is 5.32 Å². The first-order valence-corrected chi connectivity index (χ1v) is 7.10. The summed E-state index contributed by atoms with van der Waals surface area (Å²) < 4.78 is 1.93. The summed E-state index contributed by atoms with van der Waals surface area (Å²) >= 11 is 0. The molecule has 0 aliphatic carbocycles. The summed E-state index contributed by atoms with van der Waals surface area (Å²) in [5, 5.41) is 17.7. The molecule has 0 saturated heterocycles. The van der Waals surface area contributed by atoms with Gasteiger partial charge in [0.25, 0.3) is 0 Å². The number of nitrogens with zero attached hydrogens (tertiary/aromatic N) is 3. The van der Waals surface area contributed by atoms with Crippen LogP contribution in [0.3, 0.4) is 0 Å². The maximum atomic E-state index is 10.2. The van der Waals surface area contributed by atoms with Gasteiger partial charge in [-0.25, -0.2) is 9.67 Å². The van der Waals surface area contributed by atoms with Crippen LogP contribution in [0.4, 0.5) is 0 Å². The van der Waals surface area contributed by atoms with Crippen molar-refractivity contribution in [2.75, 3.05) is 6.54 Å². The minimum atomic E-state index is -0.670. The number of hydrogen-bond donors (Lipinski definition) is 2. The molecule has 0 aromatic carbocycles. The van der Waals surface area contributed by atoms with Gasteiger partial charge in [-0.1, -0.05) is 27.7 Å². The van der Waals surface area contributed by atoms with Crippen LogP contribution in [0.5, 0.6) is 0 Å². The predicted octanol–water partition coefficient (Wildman–Crippen LogP) is 1.82. The molecule has 0 aliphatic rings. The quantitative estimate of drug-likeness (QED) is 0.755. The highest BCUT2D eigenvalue weighted by molar-refractivity contribution is 4.86. The third kappa shape index (κ3) is 6.16. The number of aromatic nitrogens is 3. The van der Waals surface area contributed by atoms with Crippen molar-refractivity contribution in [2.24, 2.45) is 11.8 Å². The predicted molar refractivity (Wildman–Crippen MR) is 76.6 cm³/mol. The zero-order valence-electron chi connectivity index (χ0n) is 12.8. The van der Waals surface area contributed by atoms with Crippen LogP contribution in [-0.4, -0.2) is 32.0 Å². The van der Waals surface area contributed by atoms with Gasteiger partial charge in [0.1, 0.15) is 12.2 Å². The Morgan fingerprint density at radius 1 is 1.32 bits per heavy atom. The molecule has 1 aromatic heterocycles. The SMILES string of the molecule is CC(C)Cn1ncnc1CNCC(C)(O)CC(C)C. The Morgan fingerprint density at radius 2 is 2.00 bits per heavy atom. The molecule has 2 N–H and O–H groups in total. The molecule has 1 aromatic rings. The molecule has 1 atom stereocenters. The summed E-state index contributed by atoms with van der Waals surface area (Å²) in [4.78, 5) is 4.26. The average Bonchev–Trinajstić information content (AvgIpc) is 2.62. The molecular formula is C14H28N4O. The van der Waals surface area contributed by atoms with E-state index in [1.807, 2.05) is 11.6 Å². The summed E-state index contributed by atoms with van der Waals surface area (Å²) in [5.41, 5.74) is -0.670. The zero-order valence-corrected chi connectivity index (χ0v) is 12.8. The smallest absolute Gasteiger partial charge is 0.140 e. The molecular weight excluding hydrogens is 240 g/mol. The van der Waals surface area contributed by atoms with Gasteiger partial charge in [0.2, 0.25) is 0 Å². The first-order chi connectivity index (χ1) is 8.80. The molecule has 0 aliphatic heterocycles. The van der Waals surface area contributed by atoms with E-state index in [0.29, 0.717) is 24.9 Å². The van der Waals surface area contributed by atoms with Crippen LogP contribution in [0.1, 0.15) is 46.9 Å². The fraction of sp³-hybridized carbons (Fsp3) is 0.857. The molecule has 19 heavy (non-hydrogen) atoms. The van der Waals surface area contributed by atoms with Gasteiger partial charge in [0, 0.05) is 13.1 Å². The normalized spacial score (nSPS) is 15.2. The third-order valence-corrected chi connectivity index (χ3v) is 2.87. The van der Waals surface area contributed by atoms with E-state index in [-0.39, 0.29) is 0 Å². The number of aliphatic hydroxyl groups is 1. The van der Waals surface area contributed by atoms with Crippen molar-refractivity contribution in [3.8, 4) is 0 Å². The van der Waals surface area contributed by atoms with Crippen LogP contribution >= 0.6 is 0 Å². The van der Waals surface area contributed by atoms with Crippen molar-refractivity contribution >= 4 is 0 Å². The fourth-order valence-corrected chi connectivity index (χ4v) is 2.32. The van der Waals surface area contributed by atoms with Crippen molar-refractivity contribution < 1.29 is 5.11 Å². The first-order valence-electron chi connectivity index (χ1n) is 7.10. The number of hydrogen-bond acceptors (Lipinski definition) is 4. The van der Waals surface area contributed by atoms with E-state index < -0.39 is 5.60 Å². The summed E-state index contributed by atoms with van der Waals surface area (Å²) in [6, 6.07) is 0. The standard InChI is InChI=1S/C14H28N4O/c1-11(2)6-14(5,19)9-15-7-13-16-10-17-18(13)8-12(3)4/h10-12,15,19H,6-9H2,1-5H3. The van der Waals surface area contributed by atoms with Crippen molar-refractivity contribution in [3.05, 3.63) is 12.2 Å². The molecule has 110 valence electrons.